The van der Waals surface area contributed by atoms with E-state index in [2.05, 4.69) is 4.98 Å². The second-order valence-electron chi connectivity index (χ2n) is 5.14. The van der Waals surface area contributed by atoms with Crippen LogP contribution in [0.5, 0.6) is 0 Å². The lowest BCUT2D eigenvalue weighted by Crippen LogP contribution is -2.15. The van der Waals surface area contributed by atoms with E-state index in [9.17, 15) is 8.42 Å². The monoisotopic (exact) mass is 299 g/mol. The summed E-state index contributed by atoms with van der Waals surface area (Å²) < 4.78 is 24.7. The van der Waals surface area contributed by atoms with Gasteiger partial charge in [-0.3, -0.25) is 0 Å². The van der Waals surface area contributed by atoms with Crippen LogP contribution < -0.4 is 0 Å². The number of nitrogens with one attached hydrogen (secondary N) is 1. The van der Waals surface area contributed by atoms with Gasteiger partial charge in [-0.15, -0.1) is 0 Å². The molecule has 1 atom stereocenters. The highest BCUT2D eigenvalue weighted by atomic mass is 32.2. The summed E-state index contributed by atoms with van der Waals surface area (Å²) in [6.45, 7) is 0. The van der Waals surface area contributed by atoms with Gasteiger partial charge in [-0.1, -0.05) is 30.4 Å². The maximum Gasteiger partial charge on any atom is 0.178 e. The highest BCUT2D eigenvalue weighted by Gasteiger charge is 2.19. The summed E-state index contributed by atoms with van der Waals surface area (Å²) in [6, 6.07) is 7.82. The molecule has 1 aromatic carbocycles. The SMILES string of the molecule is O=S(=O)(C=Cc1ccc2[nH]ccc2c1)C1C=CC=CCC1. The molecule has 3 rings (SSSR count). The number of hydrogen-bond acceptors (Lipinski definition) is 2. The van der Waals surface area contributed by atoms with Crippen molar-refractivity contribution in [3.63, 3.8) is 0 Å². The molecule has 0 bridgehead atoms. The summed E-state index contributed by atoms with van der Waals surface area (Å²) in [5.74, 6) is 0. The second-order valence-corrected chi connectivity index (χ2v) is 7.20. The fourth-order valence-electron chi connectivity index (χ4n) is 2.44. The lowest BCUT2D eigenvalue weighted by molar-refractivity contribution is 0.594. The van der Waals surface area contributed by atoms with Crippen molar-refractivity contribution < 1.29 is 8.42 Å². The smallest absolute Gasteiger partial charge is 0.178 e. The van der Waals surface area contributed by atoms with Gasteiger partial charge in [0.2, 0.25) is 0 Å². The van der Waals surface area contributed by atoms with E-state index >= 15 is 0 Å². The van der Waals surface area contributed by atoms with Crippen molar-refractivity contribution >= 4 is 26.8 Å². The summed E-state index contributed by atoms with van der Waals surface area (Å²) in [6.07, 6.45) is 12.4. The van der Waals surface area contributed by atoms with Crippen molar-refractivity contribution in [2.45, 2.75) is 18.1 Å². The van der Waals surface area contributed by atoms with Crippen LogP contribution in [0.2, 0.25) is 0 Å². The average molecular weight is 299 g/mol. The van der Waals surface area contributed by atoms with Gasteiger partial charge in [0.05, 0.1) is 5.25 Å². The van der Waals surface area contributed by atoms with E-state index < -0.39 is 15.1 Å². The van der Waals surface area contributed by atoms with Crippen LogP contribution in [0.4, 0.5) is 0 Å². The normalized spacial score (nSPS) is 19.3. The standard InChI is InChI=1S/C17H17NO2S/c19-21(20,16-5-3-1-2-4-6-16)12-10-14-7-8-17-15(13-14)9-11-18-17/h1-3,5,7-13,16,18H,4,6H2. The highest BCUT2D eigenvalue weighted by molar-refractivity contribution is 7.95. The molecule has 1 heterocycles. The molecule has 1 aromatic heterocycles. The first-order chi connectivity index (χ1) is 10.1. The quantitative estimate of drug-likeness (QED) is 0.936. The highest BCUT2D eigenvalue weighted by Crippen LogP contribution is 2.19. The summed E-state index contributed by atoms with van der Waals surface area (Å²) in [7, 11) is -3.26. The van der Waals surface area contributed by atoms with Gasteiger partial charge in [0.25, 0.3) is 0 Å². The Hall–Kier alpha value is -2.07. The Morgan fingerprint density at radius 3 is 3.00 bits per heavy atom. The lowest BCUT2D eigenvalue weighted by Gasteiger charge is -2.08. The van der Waals surface area contributed by atoms with Crippen molar-refractivity contribution in [3.05, 3.63) is 65.7 Å². The number of sulfone groups is 1. The van der Waals surface area contributed by atoms with Gasteiger partial charge in [-0.05, 0) is 48.1 Å². The molecular formula is C17H17NO2S. The summed E-state index contributed by atoms with van der Waals surface area (Å²) in [4.78, 5) is 3.12. The molecule has 2 aromatic rings. The maximum absolute atomic E-state index is 12.4. The number of rotatable bonds is 3. The Morgan fingerprint density at radius 2 is 2.10 bits per heavy atom. The first kappa shape index (κ1) is 13.9. The van der Waals surface area contributed by atoms with Crippen molar-refractivity contribution in [2.24, 2.45) is 0 Å². The predicted molar refractivity (Wildman–Crippen MR) is 87.6 cm³/mol. The van der Waals surface area contributed by atoms with E-state index in [4.69, 9.17) is 0 Å². The Bertz CT molecular complexity index is 825. The molecule has 0 saturated heterocycles. The third-order valence-corrected chi connectivity index (χ3v) is 5.39. The van der Waals surface area contributed by atoms with Gasteiger partial charge in [0.1, 0.15) is 0 Å². The van der Waals surface area contributed by atoms with Crippen molar-refractivity contribution in [1.82, 2.24) is 4.98 Å². The van der Waals surface area contributed by atoms with E-state index in [1.165, 1.54) is 5.41 Å². The van der Waals surface area contributed by atoms with Crippen molar-refractivity contribution in [3.8, 4) is 0 Å². The zero-order valence-corrected chi connectivity index (χ0v) is 12.4. The molecular weight excluding hydrogens is 282 g/mol. The van der Waals surface area contributed by atoms with Crippen LogP contribution in [-0.4, -0.2) is 18.7 Å². The molecule has 4 heteroatoms. The van der Waals surface area contributed by atoms with Crippen LogP contribution in [0.3, 0.4) is 0 Å². The van der Waals surface area contributed by atoms with Gasteiger partial charge >= 0.3 is 0 Å². The second kappa shape index (κ2) is 5.74. The molecule has 0 fully saturated rings. The van der Waals surface area contributed by atoms with Gasteiger partial charge in [-0.25, -0.2) is 8.42 Å². The largest absolute Gasteiger partial charge is 0.361 e. The molecule has 0 aliphatic heterocycles. The average Bonchev–Trinajstić information content (AvgIpc) is 2.76. The Balaban J connectivity index is 1.83. The molecule has 1 aliphatic rings. The zero-order valence-electron chi connectivity index (χ0n) is 11.6. The third kappa shape index (κ3) is 3.16. The number of fused-ring (bicyclic) bond motifs is 1. The Morgan fingerprint density at radius 1 is 1.19 bits per heavy atom. The van der Waals surface area contributed by atoms with Crippen LogP contribution >= 0.6 is 0 Å². The van der Waals surface area contributed by atoms with Gasteiger partial charge in [-0.2, -0.15) is 0 Å². The Labute approximate surface area is 124 Å². The van der Waals surface area contributed by atoms with Crippen molar-refractivity contribution in [2.75, 3.05) is 0 Å². The molecule has 1 N–H and O–H groups in total. The molecule has 1 aliphatic carbocycles. The summed E-state index contributed by atoms with van der Waals surface area (Å²) in [5.41, 5.74) is 1.94. The minimum absolute atomic E-state index is 0.431. The van der Waals surface area contributed by atoms with Crippen LogP contribution in [0.1, 0.15) is 18.4 Å². The molecule has 21 heavy (non-hydrogen) atoms. The number of aromatic nitrogens is 1. The number of hydrogen-bond donors (Lipinski definition) is 1. The van der Waals surface area contributed by atoms with E-state index in [-0.39, 0.29) is 0 Å². The molecule has 3 nitrogen and oxygen atoms in total. The fraction of sp³-hybridized carbons (Fsp3) is 0.176. The number of allylic oxidation sites excluding steroid dienone is 3. The first-order valence-corrected chi connectivity index (χ1v) is 8.58. The lowest BCUT2D eigenvalue weighted by atomic mass is 10.1. The van der Waals surface area contributed by atoms with Gasteiger partial charge < -0.3 is 4.98 Å². The van der Waals surface area contributed by atoms with E-state index in [0.29, 0.717) is 6.42 Å². The van der Waals surface area contributed by atoms with Crippen LogP contribution in [-0.2, 0) is 9.84 Å². The topological polar surface area (TPSA) is 49.9 Å². The first-order valence-electron chi connectivity index (χ1n) is 6.98. The maximum atomic E-state index is 12.4. The van der Waals surface area contributed by atoms with Gasteiger partial charge in [0, 0.05) is 17.1 Å². The summed E-state index contributed by atoms with van der Waals surface area (Å²) in [5, 5.41) is 1.98. The fourth-order valence-corrected chi connectivity index (χ4v) is 3.77. The van der Waals surface area contributed by atoms with E-state index in [0.717, 1.165) is 22.9 Å². The number of aromatic amines is 1. The number of H-pyrrole nitrogens is 1. The molecule has 1 unspecified atom stereocenters. The van der Waals surface area contributed by atoms with Crippen LogP contribution in [0, 0.1) is 0 Å². The van der Waals surface area contributed by atoms with E-state index in [1.807, 2.05) is 48.7 Å². The third-order valence-electron chi connectivity index (χ3n) is 3.64. The van der Waals surface area contributed by atoms with Crippen molar-refractivity contribution in [1.29, 1.82) is 0 Å². The predicted octanol–water partition coefficient (Wildman–Crippen LogP) is 3.83. The van der Waals surface area contributed by atoms with E-state index in [1.54, 1.807) is 12.2 Å². The number of benzene rings is 1. The minimum Gasteiger partial charge on any atom is -0.361 e. The summed E-state index contributed by atoms with van der Waals surface area (Å²) >= 11 is 0. The Kier molecular flexibility index (Phi) is 3.80. The minimum atomic E-state index is -3.26. The molecule has 0 amide bonds. The molecule has 0 radical (unpaired) electrons. The van der Waals surface area contributed by atoms with Crippen LogP contribution in [0.15, 0.2) is 60.2 Å². The molecule has 0 saturated carbocycles. The van der Waals surface area contributed by atoms with Crippen LogP contribution in [0.25, 0.3) is 17.0 Å². The van der Waals surface area contributed by atoms with Gasteiger partial charge in [0.15, 0.2) is 9.84 Å². The molecule has 108 valence electrons. The molecule has 0 spiro atoms. The zero-order chi connectivity index (χ0) is 14.7.